The number of likely N-dealkylation sites (N-methyl/N-ethyl adjacent to an activating group) is 1. The summed E-state index contributed by atoms with van der Waals surface area (Å²) < 4.78 is 0. The molecule has 158 valence electrons. The highest BCUT2D eigenvalue weighted by atomic mass is 127. The fourth-order valence-electron chi connectivity index (χ4n) is 2.78. The first-order valence-electron chi connectivity index (χ1n) is 9.41. The van der Waals surface area contributed by atoms with Gasteiger partial charge in [-0.3, -0.25) is 9.79 Å². The van der Waals surface area contributed by atoms with Gasteiger partial charge in [-0.15, -0.1) is 24.0 Å². The topological polar surface area (TPSA) is 84.9 Å². The van der Waals surface area contributed by atoms with Crippen molar-refractivity contribution in [3.05, 3.63) is 23.9 Å². The zero-order valence-electron chi connectivity index (χ0n) is 17.6. The number of carbonyl (C=O) groups is 1. The van der Waals surface area contributed by atoms with Gasteiger partial charge in [-0.1, -0.05) is 6.07 Å². The number of pyridine rings is 1. The number of hydrogen-bond donors (Lipinski definition) is 3. The Morgan fingerprint density at radius 1 is 1.18 bits per heavy atom. The van der Waals surface area contributed by atoms with Crippen molar-refractivity contribution in [3.63, 3.8) is 0 Å². The number of aliphatic imine (C=N–C) groups is 1. The van der Waals surface area contributed by atoms with Crippen molar-refractivity contribution in [2.45, 2.75) is 32.9 Å². The second-order valence-electron chi connectivity index (χ2n) is 7.89. The van der Waals surface area contributed by atoms with Gasteiger partial charge in [0.15, 0.2) is 5.96 Å². The Morgan fingerprint density at radius 2 is 1.86 bits per heavy atom. The van der Waals surface area contributed by atoms with Crippen LogP contribution in [0.1, 0.15) is 26.3 Å². The maximum Gasteiger partial charge on any atom is 0.239 e. The zero-order chi connectivity index (χ0) is 19.9. The molecule has 0 saturated carbocycles. The summed E-state index contributed by atoms with van der Waals surface area (Å²) in [6.45, 7) is 10.8. The molecule has 1 aromatic heterocycles. The van der Waals surface area contributed by atoms with Crippen LogP contribution in [0.4, 0.5) is 5.82 Å². The summed E-state index contributed by atoms with van der Waals surface area (Å²) in [6, 6.07) is 4.14. The number of anilines is 1. The van der Waals surface area contributed by atoms with Crippen molar-refractivity contribution in [2.75, 3.05) is 51.7 Å². The van der Waals surface area contributed by atoms with Gasteiger partial charge in [-0.2, -0.15) is 0 Å². The minimum absolute atomic E-state index is 0. The first-order valence-corrected chi connectivity index (χ1v) is 9.41. The average Bonchev–Trinajstić information content (AvgIpc) is 2.61. The summed E-state index contributed by atoms with van der Waals surface area (Å²) >= 11 is 0. The van der Waals surface area contributed by atoms with Gasteiger partial charge in [0.25, 0.3) is 0 Å². The Balaban J connectivity index is 0.00000392. The van der Waals surface area contributed by atoms with E-state index in [1.165, 1.54) is 0 Å². The first kappa shape index (κ1) is 24.4. The third-order valence-corrected chi connectivity index (χ3v) is 4.25. The molecule has 0 bridgehead atoms. The monoisotopic (exact) mass is 503 g/mol. The third-order valence-electron chi connectivity index (χ3n) is 4.25. The van der Waals surface area contributed by atoms with E-state index in [9.17, 15) is 4.79 Å². The molecule has 1 saturated heterocycles. The zero-order valence-corrected chi connectivity index (χ0v) is 19.9. The number of nitrogens with one attached hydrogen (secondary N) is 3. The fourth-order valence-corrected chi connectivity index (χ4v) is 2.78. The quantitative estimate of drug-likeness (QED) is 0.317. The molecule has 9 heteroatoms. The van der Waals surface area contributed by atoms with E-state index in [-0.39, 0.29) is 42.0 Å². The van der Waals surface area contributed by atoms with Crippen LogP contribution in [0.15, 0.2) is 23.3 Å². The summed E-state index contributed by atoms with van der Waals surface area (Å²) in [4.78, 5) is 25.3. The maximum absolute atomic E-state index is 11.9. The molecule has 0 atom stereocenters. The molecule has 1 aliphatic heterocycles. The molecule has 0 spiro atoms. The summed E-state index contributed by atoms with van der Waals surface area (Å²) in [5.41, 5.74) is 0.822. The number of carbonyl (C=O) groups excluding carboxylic acids is 1. The second-order valence-corrected chi connectivity index (χ2v) is 7.89. The van der Waals surface area contributed by atoms with Crippen LogP contribution in [-0.2, 0) is 11.3 Å². The Hall–Kier alpha value is -1.62. The summed E-state index contributed by atoms with van der Waals surface area (Å²) in [5.74, 6) is 1.54. The molecule has 1 aliphatic rings. The molecule has 1 fully saturated rings. The Labute approximate surface area is 185 Å². The predicted molar refractivity (Wildman–Crippen MR) is 125 cm³/mol. The molecule has 2 rings (SSSR count). The molecule has 3 N–H and O–H groups in total. The summed E-state index contributed by atoms with van der Waals surface area (Å²) in [5, 5.41) is 9.14. The molecule has 0 unspecified atom stereocenters. The predicted octanol–water partition coefficient (Wildman–Crippen LogP) is 1.03. The number of nitrogens with zero attached hydrogens (tertiary/aromatic N) is 4. The van der Waals surface area contributed by atoms with E-state index in [1.54, 1.807) is 7.05 Å². The Morgan fingerprint density at radius 3 is 2.39 bits per heavy atom. The van der Waals surface area contributed by atoms with E-state index >= 15 is 0 Å². The highest BCUT2D eigenvalue weighted by molar-refractivity contribution is 14.0. The first-order chi connectivity index (χ1) is 12.8. The number of aromatic nitrogens is 1. The lowest BCUT2D eigenvalue weighted by Gasteiger charge is -2.33. The molecule has 8 nitrogen and oxygen atoms in total. The van der Waals surface area contributed by atoms with Crippen LogP contribution >= 0.6 is 24.0 Å². The van der Waals surface area contributed by atoms with Crippen LogP contribution in [0.5, 0.6) is 0 Å². The number of amides is 1. The van der Waals surface area contributed by atoms with Gasteiger partial charge in [0.2, 0.25) is 5.91 Å². The van der Waals surface area contributed by atoms with Crippen molar-refractivity contribution in [1.29, 1.82) is 0 Å². The standard InChI is InChI=1S/C19H33N7O.HI/c1-19(2,3)24-17(27)14-23-18(20-4)22-13-15-6-7-16(21-12-15)26-10-8-25(5)9-11-26;/h6-7,12H,8-11,13-14H2,1-5H3,(H,24,27)(H2,20,22,23);1H. The van der Waals surface area contributed by atoms with Gasteiger partial charge in [0.1, 0.15) is 5.82 Å². The average molecular weight is 503 g/mol. The second kappa shape index (κ2) is 11.4. The van der Waals surface area contributed by atoms with Gasteiger partial charge >= 0.3 is 0 Å². The smallest absolute Gasteiger partial charge is 0.239 e. The number of hydrogen-bond acceptors (Lipinski definition) is 5. The van der Waals surface area contributed by atoms with Crippen molar-refractivity contribution in [3.8, 4) is 0 Å². The SMILES string of the molecule is CN=C(NCC(=O)NC(C)(C)C)NCc1ccc(N2CCN(C)CC2)nc1.I. The highest BCUT2D eigenvalue weighted by Crippen LogP contribution is 2.13. The van der Waals surface area contributed by atoms with Gasteiger partial charge in [-0.05, 0) is 39.4 Å². The third kappa shape index (κ3) is 8.59. The molecule has 0 aromatic carbocycles. The van der Waals surface area contributed by atoms with Crippen molar-refractivity contribution in [2.24, 2.45) is 4.99 Å². The lowest BCUT2D eigenvalue weighted by Crippen LogP contribution is -2.48. The normalized spacial score (nSPS) is 15.6. The number of rotatable bonds is 5. The minimum Gasteiger partial charge on any atom is -0.354 e. The minimum atomic E-state index is -0.243. The highest BCUT2D eigenvalue weighted by Gasteiger charge is 2.15. The number of guanidine groups is 1. The molecule has 1 aromatic rings. The van der Waals surface area contributed by atoms with E-state index in [2.05, 4.69) is 54.9 Å². The van der Waals surface area contributed by atoms with Crippen LogP contribution in [-0.4, -0.2) is 74.1 Å². The Bertz CT molecular complexity index is 635. The van der Waals surface area contributed by atoms with Crippen molar-refractivity contribution < 1.29 is 4.79 Å². The summed E-state index contributed by atoms with van der Waals surface area (Å²) in [6.07, 6.45) is 1.89. The fraction of sp³-hybridized carbons (Fsp3) is 0.632. The molecule has 1 amide bonds. The van der Waals surface area contributed by atoms with E-state index in [0.29, 0.717) is 12.5 Å². The lowest BCUT2D eigenvalue weighted by molar-refractivity contribution is -0.121. The molecular formula is C19H34IN7O. The number of halogens is 1. The molecule has 0 aliphatic carbocycles. The molecule has 2 heterocycles. The van der Waals surface area contributed by atoms with E-state index in [4.69, 9.17) is 0 Å². The van der Waals surface area contributed by atoms with Crippen LogP contribution < -0.4 is 20.9 Å². The van der Waals surface area contributed by atoms with Crippen LogP contribution in [0.3, 0.4) is 0 Å². The van der Waals surface area contributed by atoms with E-state index in [0.717, 1.165) is 37.6 Å². The van der Waals surface area contributed by atoms with Crippen molar-refractivity contribution in [1.82, 2.24) is 25.8 Å². The number of piperazine rings is 1. The van der Waals surface area contributed by atoms with Crippen LogP contribution in [0.2, 0.25) is 0 Å². The Kier molecular flexibility index (Phi) is 9.94. The molecule has 0 radical (unpaired) electrons. The van der Waals surface area contributed by atoms with Crippen LogP contribution in [0, 0.1) is 0 Å². The van der Waals surface area contributed by atoms with Gasteiger partial charge in [0, 0.05) is 51.5 Å². The van der Waals surface area contributed by atoms with E-state index < -0.39 is 0 Å². The van der Waals surface area contributed by atoms with Gasteiger partial charge in [-0.25, -0.2) is 4.98 Å². The van der Waals surface area contributed by atoms with E-state index in [1.807, 2.05) is 27.0 Å². The largest absolute Gasteiger partial charge is 0.354 e. The lowest BCUT2D eigenvalue weighted by atomic mass is 10.1. The maximum atomic E-state index is 11.9. The van der Waals surface area contributed by atoms with Gasteiger partial charge < -0.3 is 25.8 Å². The molecular weight excluding hydrogens is 469 g/mol. The van der Waals surface area contributed by atoms with Crippen molar-refractivity contribution >= 4 is 41.7 Å². The van der Waals surface area contributed by atoms with Gasteiger partial charge in [0.05, 0.1) is 6.54 Å². The molecule has 28 heavy (non-hydrogen) atoms. The van der Waals surface area contributed by atoms with Crippen LogP contribution in [0.25, 0.3) is 0 Å². The summed E-state index contributed by atoms with van der Waals surface area (Å²) in [7, 11) is 3.83.